The SMILES string of the molecule is COC1CCCCC1C=CC(=O)OCC1OC(OCC2OC(OC3CC4C(O)CC(O)CC4OC3C3CCC(O)C(O)C3)C(OC3OCC(O)C(O)C3O)C(O)C2O)C(O)C(O)C1O. The van der Waals surface area contributed by atoms with Crippen LogP contribution < -0.4 is 0 Å². The molecule has 0 spiro atoms. The largest absolute Gasteiger partial charge is 0.460 e. The molecule has 4 saturated heterocycles. The molecule has 7 rings (SSSR count). The van der Waals surface area contributed by atoms with Crippen molar-refractivity contribution in [3.05, 3.63) is 12.2 Å². The van der Waals surface area contributed by atoms with Gasteiger partial charge < -0.3 is 104 Å². The maximum absolute atomic E-state index is 12.6. The minimum Gasteiger partial charge on any atom is -0.460 e. The van der Waals surface area contributed by atoms with Gasteiger partial charge in [0.15, 0.2) is 18.9 Å². The molecule has 0 radical (unpaired) electrons. The van der Waals surface area contributed by atoms with E-state index in [4.69, 9.17) is 42.6 Å². The fourth-order valence-electron chi connectivity index (χ4n) is 10.4. The van der Waals surface area contributed by atoms with Crippen LogP contribution in [0.1, 0.15) is 64.2 Å². The summed E-state index contributed by atoms with van der Waals surface area (Å²) in [6, 6.07) is 0. The Kier molecular flexibility index (Phi) is 17.5. The molecule has 22 nitrogen and oxygen atoms in total. The average Bonchev–Trinajstić information content (AvgIpc) is 3.27. The first-order valence-electron chi connectivity index (χ1n) is 22.6. The molecule has 0 bridgehead atoms. The van der Waals surface area contributed by atoms with E-state index in [1.165, 1.54) is 6.08 Å². The topological polar surface area (TPSA) is 343 Å². The molecule has 3 aliphatic carbocycles. The standard InChI is InChI=1S/C42H68O22/c1-56-25-5-3-2-4-17(25)7-9-30(48)57-15-28-32(50)34(52)37(55)40(62-28)59-16-29-33(51)35(53)39(64-41-36(54)31(49)24(47)14-58-41)42(63-29)61-27-13-20-22(45)11-19(43)12-26(20)60-38(27)18-6-8-21(44)23(46)10-18/h7,9,17-29,31-47,49-55H,2-6,8,10-16H2,1H3. The lowest BCUT2D eigenvalue weighted by Crippen LogP contribution is -2.65. The van der Waals surface area contributed by atoms with Crippen LogP contribution in [0.4, 0.5) is 0 Å². The van der Waals surface area contributed by atoms with E-state index in [1.807, 2.05) is 0 Å². The fourth-order valence-corrected chi connectivity index (χ4v) is 10.4. The van der Waals surface area contributed by atoms with E-state index in [2.05, 4.69) is 0 Å². The highest BCUT2D eigenvalue weighted by molar-refractivity contribution is 5.81. The van der Waals surface area contributed by atoms with Crippen molar-refractivity contribution in [2.45, 2.75) is 199 Å². The minimum atomic E-state index is -1.90. The number of aliphatic hydroxyl groups excluding tert-OH is 12. The van der Waals surface area contributed by atoms with E-state index in [1.54, 1.807) is 13.2 Å². The molecule has 0 aromatic carbocycles. The second-order valence-corrected chi connectivity index (χ2v) is 18.5. The summed E-state index contributed by atoms with van der Waals surface area (Å²) in [4.78, 5) is 12.6. The summed E-state index contributed by atoms with van der Waals surface area (Å²) in [6.45, 7) is -1.66. The van der Waals surface area contributed by atoms with E-state index in [9.17, 15) is 66.1 Å². The van der Waals surface area contributed by atoms with Crippen LogP contribution in [-0.2, 0) is 47.4 Å². The van der Waals surface area contributed by atoms with Crippen LogP contribution >= 0.6 is 0 Å². The van der Waals surface area contributed by atoms with Crippen molar-refractivity contribution < 1.29 is 109 Å². The molecule has 64 heavy (non-hydrogen) atoms. The summed E-state index contributed by atoms with van der Waals surface area (Å²) in [5.41, 5.74) is 0. The summed E-state index contributed by atoms with van der Waals surface area (Å²) in [6.07, 6.45) is -22.1. The van der Waals surface area contributed by atoms with Crippen molar-refractivity contribution >= 4 is 5.97 Å². The van der Waals surface area contributed by atoms with Crippen LogP contribution in [0, 0.1) is 17.8 Å². The number of rotatable bonds is 13. The highest BCUT2D eigenvalue weighted by Crippen LogP contribution is 2.44. The Labute approximate surface area is 370 Å². The minimum absolute atomic E-state index is 0.0138. The van der Waals surface area contributed by atoms with Crippen LogP contribution in [0.3, 0.4) is 0 Å². The third-order valence-electron chi connectivity index (χ3n) is 14.2. The van der Waals surface area contributed by atoms with Gasteiger partial charge in [-0.3, -0.25) is 0 Å². The molecular formula is C42H68O22. The van der Waals surface area contributed by atoms with Gasteiger partial charge >= 0.3 is 5.97 Å². The van der Waals surface area contributed by atoms with Crippen LogP contribution in [0.2, 0.25) is 0 Å². The maximum atomic E-state index is 12.6. The Morgan fingerprint density at radius 1 is 0.609 bits per heavy atom. The third kappa shape index (κ3) is 11.5. The van der Waals surface area contributed by atoms with Crippen molar-refractivity contribution in [3.63, 3.8) is 0 Å². The first-order valence-corrected chi connectivity index (χ1v) is 22.6. The van der Waals surface area contributed by atoms with Gasteiger partial charge in [-0.25, -0.2) is 4.79 Å². The highest BCUT2D eigenvalue weighted by atomic mass is 16.8. The van der Waals surface area contributed by atoms with E-state index in [0.29, 0.717) is 6.42 Å². The molecule has 3 saturated carbocycles. The van der Waals surface area contributed by atoms with Crippen molar-refractivity contribution in [1.82, 2.24) is 0 Å². The Balaban J connectivity index is 1.06. The summed E-state index contributed by atoms with van der Waals surface area (Å²) in [5.74, 6) is -1.65. The molecule has 0 amide bonds. The van der Waals surface area contributed by atoms with E-state index in [0.717, 1.165) is 25.7 Å². The number of ether oxygens (including phenoxy) is 9. The number of carbonyl (C=O) groups excluding carboxylic acids is 1. The Hall–Kier alpha value is -1.59. The Morgan fingerprint density at radius 2 is 1.31 bits per heavy atom. The smallest absolute Gasteiger partial charge is 0.330 e. The van der Waals surface area contributed by atoms with Gasteiger partial charge in [0.25, 0.3) is 0 Å². The number of aliphatic hydroxyl groups is 12. The van der Waals surface area contributed by atoms with Gasteiger partial charge in [0.1, 0.15) is 73.8 Å². The van der Waals surface area contributed by atoms with Crippen molar-refractivity contribution in [2.75, 3.05) is 26.9 Å². The molecule has 0 aromatic heterocycles. The number of hydrogen-bond acceptors (Lipinski definition) is 22. The zero-order valence-electron chi connectivity index (χ0n) is 35.7. The first kappa shape index (κ1) is 50.3. The van der Waals surface area contributed by atoms with Crippen molar-refractivity contribution in [2.24, 2.45) is 17.8 Å². The van der Waals surface area contributed by atoms with Crippen LogP contribution in [-0.4, -0.2) is 229 Å². The molecule has 0 aromatic rings. The Bertz CT molecular complexity index is 1510. The van der Waals surface area contributed by atoms with Crippen molar-refractivity contribution in [3.8, 4) is 0 Å². The molecular weight excluding hydrogens is 856 g/mol. The van der Waals surface area contributed by atoms with Crippen LogP contribution in [0.15, 0.2) is 12.2 Å². The number of hydrogen-bond donors (Lipinski definition) is 12. The molecule has 12 N–H and O–H groups in total. The average molecular weight is 925 g/mol. The zero-order chi connectivity index (χ0) is 46.0. The monoisotopic (exact) mass is 924 g/mol. The second kappa shape index (κ2) is 22.2. The summed E-state index contributed by atoms with van der Waals surface area (Å²) >= 11 is 0. The zero-order valence-corrected chi connectivity index (χ0v) is 35.7. The molecule has 368 valence electrons. The maximum Gasteiger partial charge on any atom is 0.330 e. The van der Waals surface area contributed by atoms with Gasteiger partial charge in [0, 0.05) is 25.0 Å². The van der Waals surface area contributed by atoms with Crippen molar-refractivity contribution in [1.29, 1.82) is 0 Å². The molecule has 7 aliphatic rings. The lowest BCUT2D eigenvalue weighted by Gasteiger charge is -2.51. The van der Waals surface area contributed by atoms with Gasteiger partial charge in [-0.05, 0) is 57.3 Å². The van der Waals surface area contributed by atoms with Gasteiger partial charge in [-0.1, -0.05) is 18.9 Å². The third-order valence-corrected chi connectivity index (χ3v) is 14.2. The quantitative estimate of drug-likeness (QED) is 0.0613. The number of fused-ring (bicyclic) bond motifs is 1. The molecule has 4 aliphatic heterocycles. The number of carbonyl (C=O) groups is 1. The van der Waals surface area contributed by atoms with E-state index >= 15 is 0 Å². The second-order valence-electron chi connectivity index (χ2n) is 18.5. The molecule has 4 heterocycles. The fraction of sp³-hybridized carbons (Fsp3) is 0.929. The first-order chi connectivity index (χ1) is 30.5. The van der Waals surface area contributed by atoms with Crippen LogP contribution in [0.5, 0.6) is 0 Å². The predicted molar refractivity (Wildman–Crippen MR) is 211 cm³/mol. The predicted octanol–water partition coefficient (Wildman–Crippen LogP) is -4.42. The summed E-state index contributed by atoms with van der Waals surface area (Å²) < 4.78 is 53.1. The Morgan fingerprint density at radius 3 is 2.06 bits per heavy atom. The number of methoxy groups -OCH3 is 1. The molecule has 7 fully saturated rings. The van der Waals surface area contributed by atoms with Gasteiger partial charge in [0.05, 0.1) is 62.0 Å². The molecule has 25 atom stereocenters. The van der Waals surface area contributed by atoms with Gasteiger partial charge in [0.2, 0.25) is 0 Å². The molecule has 25 unspecified atom stereocenters. The lowest BCUT2D eigenvalue weighted by atomic mass is 9.72. The highest BCUT2D eigenvalue weighted by Gasteiger charge is 2.55. The normalized spacial score (nSPS) is 50.5. The lowest BCUT2D eigenvalue weighted by molar-refractivity contribution is -0.376. The number of esters is 1. The van der Waals surface area contributed by atoms with E-state index in [-0.39, 0.29) is 44.1 Å². The summed E-state index contributed by atoms with van der Waals surface area (Å²) in [7, 11) is 1.61. The van der Waals surface area contributed by atoms with Gasteiger partial charge in [-0.2, -0.15) is 0 Å². The van der Waals surface area contributed by atoms with E-state index < -0.39 is 166 Å². The molecule has 22 heteroatoms. The van der Waals surface area contributed by atoms with Gasteiger partial charge in [-0.15, -0.1) is 0 Å². The van der Waals surface area contributed by atoms with Crippen LogP contribution in [0.25, 0.3) is 0 Å². The summed E-state index contributed by atoms with van der Waals surface area (Å²) in [5, 5.41) is 129.